The first-order valence-corrected chi connectivity index (χ1v) is 6.54. The highest BCUT2D eigenvalue weighted by molar-refractivity contribution is 5.51. The third-order valence-corrected chi connectivity index (χ3v) is 3.57. The van der Waals surface area contributed by atoms with Crippen LogP contribution in [0.5, 0.6) is 0 Å². The molecule has 2 nitrogen and oxygen atoms in total. The van der Waals surface area contributed by atoms with Gasteiger partial charge in [-0.3, -0.25) is 4.90 Å². The van der Waals surface area contributed by atoms with Crippen molar-refractivity contribution in [3.63, 3.8) is 0 Å². The van der Waals surface area contributed by atoms with E-state index in [2.05, 4.69) is 36.1 Å². The van der Waals surface area contributed by atoms with Gasteiger partial charge in [0.15, 0.2) is 0 Å². The number of rotatable bonds is 5. The van der Waals surface area contributed by atoms with Gasteiger partial charge in [0.2, 0.25) is 0 Å². The lowest BCUT2D eigenvalue weighted by Gasteiger charge is -2.16. The summed E-state index contributed by atoms with van der Waals surface area (Å²) in [6.45, 7) is 5.63. The van der Waals surface area contributed by atoms with Crippen molar-refractivity contribution in [2.75, 3.05) is 13.1 Å². The summed E-state index contributed by atoms with van der Waals surface area (Å²) in [5.74, 6) is 0.339. The number of nitrogens with zero attached hydrogens (tertiary/aromatic N) is 1. The van der Waals surface area contributed by atoms with Gasteiger partial charge in [-0.1, -0.05) is 31.2 Å². The Hall–Kier alpha value is -1.15. The molecule has 0 N–H and O–H groups in total. The van der Waals surface area contributed by atoms with Gasteiger partial charge in [-0.15, -0.1) is 0 Å². The van der Waals surface area contributed by atoms with Crippen LogP contribution in [0.1, 0.15) is 43.2 Å². The molecule has 1 heterocycles. The Kier molecular flexibility index (Phi) is 4.32. The molecular weight excluding hydrogens is 210 g/mol. The maximum Gasteiger partial charge on any atom is 0.120 e. The number of aldehydes is 1. The SMILES string of the molecule is CC(CC=O)c1cccc(CN2CCCC2)c1. The zero-order chi connectivity index (χ0) is 12.1. The van der Waals surface area contributed by atoms with E-state index < -0.39 is 0 Å². The summed E-state index contributed by atoms with van der Waals surface area (Å²) in [6, 6.07) is 8.69. The first-order chi connectivity index (χ1) is 8.29. The van der Waals surface area contributed by atoms with Crippen LogP contribution in [0.3, 0.4) is 0 Å². The second-order valence-electron chi connectivity index (χ2n) is 5.03. The van der Waals surface area contributed by atoms with E-state index in [-0.39, 0.29) is 0 Å². The maximum atomic E-state index is 10.5. The third-order valence-electron chi connectivity index (χ3n) is 3.57. The fraction of sp³-hybridized carbons (Fsp3) is 0.533. The normalized spacial score (nSPS) is 18.2. The van der Waals surface area contributed by atoms with Gasteiger partial charge in [-0.05, 0) is 43.0 Å². The van der Waals surface area contributed by atoms with Crippen LogP contribution in [0, 0.1) is 0 Å². The van der Waals surface area contributed by atoms with Crippen LogP contribution in [0.4, 0.5) is 0 Å². The quantitative estimate of drug-likeness (QED) is 0.726. The summed E-state index contributed by atoms with van der Waals surface area (Å²) >= 11 is 0. The summed E-state index contributed by atoms with van der Waals surface area (Å²) in [4.78, 5) is 13.0. The lowest BCUT2D eigenvalue weighted by atomic mass is 9.96. The van der Waals surface area contributed by atoms with Gasteiger partial charge >= 0.3 is 0 Å². The van der Waals surface area contributed by atoms with Crippen LogP contribution in [-0.4, -0.2) is 24.3 Å². The van der Waals surface area contributed by atoms with E-state index in [1.54, 1.807) is 0 Å². The molecule has 1 aliphatic rings. The summed E-state index contributed by atoms with van der Waals surface area (Å²) < 4.78 is 0. The Bertz CT molecular complexity index is 369. The number of hydrogen-bond acceptors (Lipinski definition) is 2. The monoisotopic (exact) mass is 231 g/mol. The molecular formula is C15H21NO. The molecule has 1 atom stereocenters. The van der Waals surface area contributed by atoms with Gasteiger partial charge in [0, 0.05) is 13.0 Å². The van der Waals surface area contributed by atoms with Gasteiger partial charge < -0.3 is 4.79 Å². The van der Waals surface area contributed by atoms with E-state index in [0.717, 1.165) is 12.8 Å². The minimum atomic E-state index is 0.339. The van der Waals surface area contributed by atoms with Gasteiger partial charge in [-0.25, -0.2) is 0 Å². The molecule has 0 aliphatic carbocycles. The van der Waals surface area contributed by atoms with E-state index in [1.165, 1.54) is 37.1 Å². The summed E-state index contributed by atoms with van der Waals surface area (Å²) in [5.41, 5.74) is 2.66. The first kappa shape index (κ1) is 12.3. The minimum Gasteiger partial charge on any atom is -0.303 e. The average Bonchev–Trinajstić information content (AvgIpc) is 2.82. The Labute approximate surface area is 104 Å². The number of likely N-dealkylation sites (tertiary alicyclic amines) is 1. The fourth-order valence-electron chi connectivity index (χ4n) is 2.48. The van der Waals surface area contributed by atoms with Crippen molar-refractivity contribution in [1.29, 1.82) is 0 Å². The highest BCUT2D eigenvalue weighted by Crippen LogP contribution is 2.20. The lowest BCUT2D eigenvalue weighted by molar-refractivity contribution is -0.108. The highest BCUT2D eigenvalue weighted by atomic mass is 16.1. The molecule has 2 heteroatoms. The Balaban J connectivity index is 2.02. The standard InChI is InChI=1S/C15H21NO/c1-13(7-10-17)15-6-4-5-14(11-15)12-16-8-2-3-9-16/h4-6,10-11,13H,2-3,7-9,12H2,1H3. The van der Waals surface area contributed by atoms with Crippen molar-refractivity contribution in [3.05, 3.63) is 35.4 Å². The molecule has 0 saturated carbocycles. The predicted octanol–water partition coefficient (Wildman–Crippen LogP) is 2.97. The van der Waals surface area contributed by atoms with Crippen LogP contribution in [0.25, 0.3) is 0 Å². The van der Waals surface area contributed by atoms with Crippen molar-refractivity contribution in [3.8, 4) is 0 Å². The first-order valence-electron chi connectivity index (χ1n) is 6.54. The molecule has 1 aliphatic heterocycles. The van der Waals surface area contributed by atoms with Crippen LogP contribution in [-0.2, 0) is 11.3 Å². The second kappa shape index (κ2) is 5.97. The number of hydrogen-bond donors (Lipinski definition) is 0. The number of carbonyl (C=O) groups is 1. The smallest absolute Gasteiger partial charge is 0.120 e. The van der Waals surface area contributed by atoms with E-state index in [1.807, 2.05) is 0 Å². The molecule has 2 rings (SSSR count). The van der Waals surface area contributed by atoms with Crippen LogP contribution in [0.15, 0.2) is 24.3 Å². The summed E-state index contributed by atoms with van der Waals surface area (Å²) in [7, 11) is 0. The average molecular weight is 231 g/mol. The molecule has 1 aromatic carbocycles. The van der Waals surface area contributed by atoms with E-state index in [0.29, 0.717) is 12.3 Å². The van der Waals surface area contributed by atoms with E-state index in [9.17, 15) is 4.79 Å². The summed E-state index contributed by atoms with van der Waals surface area (Å²) in [5, 5.41) is 0. The van der Waals surface area contributed by atoms with E-state index in [4.69, 9.17) is 0 Å². The molecule has 0 aromatic heterocycles. The zero-order valence-corrected chi connectivity index (χ0v) is 10.6. The van der Waals surface area contributed by atoms with Gasteiger partial charge in [0.05, 0.1) is 0 Å². The van der Waals surface area contributed by atoms with Crippen LogP contribution < -0.4 is 0 Å². The third kappa shape index (κ3) is 3.40. The Morgan fingerprint density at radius 2 is 2.12 bits per heavy atom. The van der Waals surface area contributed by atoms with Crippen molar-refractivity contribution in [2.45, 2.75) is 38.6 Å². The predicted molar refractivity (Wildman–Crippen MR) is 70.0 cm³/mol. The molecule has 92 valence electrons. The second-order valence-corrected chi connectivity index (χ2v) is 5.03. The van der Waals surface area contributed by atoms with Crippen LogP contribution >= 0.6 is 0 Å². The molecule has 17 heavy (non-hydrogen) atoms. The molecule has 1 saturated heterocycles. The van der Waals surface area contributed by atoms with Crippen molar-refractivity contribution >= 4 is 6.29 Å². The minimum absolute atomic E-state index is 0.339. The molecule has 0 radical (unpaired) electrons. The van der Waals surface area contributed by atoms with Crippen LogP contribution in [0.2, 0.25) is 0 Å². The van der Waals surface area contributed by atoms with E-state index >= 15 is 0 Å². The van der Waals surface area contributed by atoms with Crippen molar-refractivity contribution < 1.29 is 4.79 Å². The topological polar surface area (TPSA) is 20.3 Å². The zero-order valence-electron chi connectivity index (χ0n) is 10.6. The van der Waals surface area contributed by atoms with Gasteiger partial charge in [-0.2, -0.15) is 0 Å². The lowest BCUT2D eigenvalue weighted by Crippen LogP contribution is -2.18. The molecule has 0 bridgehead atoms. The van der Waals surface area contributed by atoms with Crippen molar-refractivity contribution in [1.82, 2.24) is 4.90 Å². The molecule has 1 unspecified atom stereocenters. The molecule has 0 amide bonds. The van der Waals surface area contributed by atoms with Crippen molar-refractivity contribution in [2.24, 2.45) is 0 Å². The summed E-state index contributed by atoms with van der Waals surface area (Å²) in [6.07, 6.45) is 4.30. The Morgan fingerprint density at radius 3 is 2.82 bits per heavy atom. The highest BCUT2D eigenvalue weighted by Gasteiger charge is 2.12. The fourth-order valence-corrected chi connectivity index (χ4v) is 2.48. The number of benzene rings is 1. The van der Waals surface area contributed by atoms with Gasteiger partial charge in [0.1, 0.15) is 6.29 Å². The molecule has 1 fully saturated rings. The Morgan fingerprint density at radius 1 is 1.35 bits per heavy atom. The molecule has 0 spiro atoms. The number of carbonyl (C=O) groups excluding carboxylic acids is 1. The molecule has 1 aromatic rings. The van der Waals surface area contributed by atoms with Gasteiger partial charge in [0.25, 0.3) is 0 Å². The maximum absolute atomic E-state index is 10.5. The largest absolute Gasteiger partial charge is 0.303 e.